The van der Waals surface area contributed by atoms with Crippen LogP contribution in [0.1, 0.15) is 19.8 Å². The number of nitrogens with zero attached hydrogens (tertiary/aromatic N) is 2. The van der Waals surface area contributed by atoms with Crippen LogP contribution in [0, 0.1) is 0 Å². The molecule has 1 aromatic heterocycles. The third-order valence-electron chi connectivity index (χ3n) is 2.80. The Morgan fingerprint density at radius 2 is 2.17 bits per heavy atom. The molecule has 0 radical (unpaired) electrons. The van der Waals surface area contributed by atoms with Gasteiger partial charge in [0.1, 0.15) is 0 Å². The third kappa shape index (κ3) is 2.88. The molecule has 1 aromatic carbocycles. The SMILES string of the molecule is CCCCNc1nccn1-c1ccccc1SC. The Balaban J connectivity index is 2.25. The monoisotopic (exact) mass is 261 g/mol. The summed E-state index contributed by atoms with van der Waals surface area (Å²) >= 11 is 1.75. The molecule has 0 amide bonds. The molecule has 0 aliphatic rings. The normalized spacial score (nSPS) is 10.6. The van der Waals surface area contributed by atoms with E-state index < -0.39 is 0 Å². The van der Waals surface area contributed by atoms with Gasteiger partial charge in [0.25, 0.3) is 0 Å². The van der Waals surface area contributed by atoms with Crippen LogP contribution in [0.2, 0.25) is 0 Å². The van der Waals surface area contributed by atoms with E-state index in [0.29, 0.717) is 0 Å². The van der Waals surface area contributed by atoms with Gasteiger partial charge in [-0.25, -0.2) is 4.98 Å². The second-order valence-electron chi connectivity index (χ2n) is 4.07. The zero-order valence-electron chi connectivity index (χ0n) is 10.9. The van der Waals surface area contributed by atoms with Crippen molar-refractivity contribution in [3.63, 3.8) is 0 Å². The van der Waals surface area contributed by atoms with Crippen molar-refractivity contribution in [1.82, 2.24) is 9.55 Å². The van der Waals surface area contributed by atoms with Crippen LogP contribution in [-0.2, 0) is 0 Å². The zero-order valence-corrected chi connectivity index (χ0v) is 11.7. The molecule has 0 saturated heterocycles. The maximum absolute atomic E-state index is 4.38. The molecule has 2 aromatic rings. The van der Waals surface area contributed by atoms with Crippen molar-refractivity contribution in [2.24, 2.45) is 0 Å². The summed E-state index contributed by atoms with van der Waals surface area (Å²) in [5, 5.41) is 3.39. The van der Waals surface area contributed by atoms with Crippen molar-refractivity contribution < 1.29 is 0 Å². The first-order valence-corrected chi connectivity index (χ1v) is 7.50. The maximum atomic E-state index is 4.38. The number of unbranched alkanes of at least 4 members (excludes halogenated alkanes) is 1. The first-order chi connectivity index (χ1) is 8.86. The number of hydrogen-bond acceptors (Lipinski definition) is 3. The molecule has 0 aliphatic carbocycles. The lowest BCUT2D eigenvalue weighted by molar-refractivity contribution is 0.822. The average molecular weight is 261 g/mol. The highest BCUT2D eigenvalue weighted by Gasteiger charge is 2.07. The van der Waals surface area contributed by atoms with E-state index in [0.717, 1.165) is 18.9 Å². The van der Waals surface area contributed by atoms with E-state index >= 15 is 0 Å². The van der Waals surface area contributed by atoms with Crippen molar-refractivity contribution in [3.8, 4) is 5.69 Å². The van der Waals surface area contributed by atoms with E-state index in [2.05, 4.69) is 52.3 Å². The second-order valence-corrected chi connectivity index (χ2v) is 4.92. The summed E-state index contributed by atoms with van der Waals surface area (Å²) in [7, 11) is 0. The lowest BCUT2D eigenvalue weighted by atomic mass is 10.3. The van der Waals surface area contributed by atoms with Crippen LogP contribution in [0.25, 0.3) is 5.69 Å². The molecular weight excluding hydrogens is 242 g/mol. The lowest BCUT2D eigenvalue weighted by Crippen LogP contribution is -2.07. The Morgan fingerprint density at radius 3 is 2.94 bits per heavy atom. The van der Waals surface area contributed by atoms with E-state index in [4.69, 9.17) is 0 Å². The first kappa shape index (κ1) is 13.0. The van der Waals surface area contributed by atoms with Gasteiger partial charge in [-0.3, -0.25) is 4.57 Å². The molecular formula is C14H19N3S. The molecule has 1 heterocycles. The van der Waals surface area contributed by atoms with Crippen LogP contribution in [0.3, 0.4) is 0 Å². The molecule has 0 spiro atoms. The Bertz CT molecular complexity index is 493. The summed E-state index contributed by atoms with van der Waals surface area (Å²) in [5.41, 5.74) is 1.18. The number of imidazole rings is 1. The van der Waals surface area contributed by atoms with E-state index in [-0.39, 0.29) is 0 Å². The third-order valence-corrected chi connectivity index (χ3v) is 3.58. The van der Waals surface area contributed by atoms with Gasteiger partial charge in [-0.05, 0) is 24.8 Å². The van der Waals surface area contributed by atoms with E-state index in [1.54, 1.807) is 11.8 Å². The quantitative estimate of drug-likeness (QED) is 0.633. The molecule has 3 nitrogen and oxygen atoms in total. The molecule has 2 rings (SSSR count). The fourth-order valence-corrected chi connectivity index (χ4v) is 2.42. The maximum Gasteiger partial charge on any atom is 0.207 e. The van der Waals surface area contributed by atoms with Gasteiger partial charge in [0.15, 0.2) is 0 Å². The Kier molecular flexibility index (Phi) is 4.70. The number of thioether (sulfide) groups is 1. The van der Waals surface area contributed by atoms with Gasteiger partial charge < -0.3 is 5.32 Å². The molecule has 0 bridgehead atoms. The summed E-state index contributed by atoms with van der Waals surface area (Å²) in [6.45, 7) is 3.16. The van der Waals surface area contributed by atoms with Crippen molar-refractivity contribution in [3.05, 3.63) is 36.7 Å². The van der Waals surface area contributed by atoms with Gasteiger partial charge in [-0.2, -0.15) is 0 Å². The van der Waals surface area contributed by atoms with Crippen molar-refractivity contribution in [2.45, 2.75) is 24.7 Å². The van der Waals surface area contributed by atoms with Crippen LogP contribution in [0.15, 0.2) is 41.6 Å². The minimum Gasteiger partial charge on any atom is -0.355 e. The minimum atomic E-state index is 0.921. The number of para-hydroxylation sites is 1. The molecule has 96 valence electrons. The van der Waals surface area contributed by atoms with Gasteiger partial charge >= 0.3 is 0 Å². The molecule has 0 aliphatic heterocycles. The summed E-state index contributed by atoms with van der Waals surface area (Å²) in [5.74, 6) is 0.921. The van der Waals surface area contributed by atoms with Gasteiger partial charge in [0, 0.05) is 23.8 Å². The largest absolute Gasteiger partial charge is 0.355 e. The van der Waals surface area contributed by atoms with E-state index in [9.17, 15) is 0 Å². The molecule has 18 heavy (non-hydrogen) atoms. The Hall–Kier alpha value is -1.42. The number of hydrogen-bond donors (Lipinski definition) is 1. The molecule has 1 N–H and O–H groups in total. The van der Waals surface area contributed by atoms with E-state index in [1.165, 1.54) is 17.0 Å². The van der Waals surface area contributed by atoms with Gasteiger partial charge in [-0.1, -0.05) is 25.5 Å². The fraction of sp³-hybridized carbons (Fsp3) is 0.357. The standard InChI is InChI=1S/C14H19N3S/c1-3-4-9-15-14-16-10-11-17(14)12-7-5-6-8-13(12)18-2/h5-8,10-11H,3-4,9H2,1-2H3,(H,15,16). The van der Waals surface area contributed by atoms with Gasteiger partial charge in [0.05, 0.1) is 5.69 Å². The summed E-state index contributed by atoms with van der Waals surface area (Å²) < 4.78 is 2.11. The van der Waals surface area contributed by atoms with Crippen LogP contribution in [-0.4, -0.2) is 22.4 Å². The molecule has 0 atom stereocenters. The topological polar surface area (TPSA) is 29.9 Å². The van der Waals surface area contributed by atoms with Crippen LogP contribution >= 0.6 is 11.8 Å². The Morgan fingerprint density at radius 1 is 1.33 bits per heavy atom. The molecule has 0 unspecified atom stereocenters. The highest BCUT2D eigenvalue weighted by molar-refractivity contribution is 7.98. The van der Waals surface area contributed by atoms with Crippen molar-refractivity contribution in [1.29, 1.82) is 0 Å². The first-order valence-electron chi connectivity index (χ1n) is 6.27. The Labute approximate surface area is 113 Å². The summed E-state index contributed by atoms with van der Waals surface area (Å²) in [4.78, 5) is 5.64. The van der Waals surface area contributed by atoms with Gasteiger partial charge in [0.2, 0.25) is 5.95 Å². The molecule has 0 saturated carbocycles. The minimum absolute atomic E-state index is 0.921. The smallest absolute Gasteiger partial charge is 0.207 e. The van der Waals surface area contributed by atoms with Crippen molar-refractivity contribution in [2.75, 3.05) is 18.1 Å². The molecule has 4 heteroatoms. The van der Waals surface area contributed by atoms with E-state index in [1.807, 2.05) is 12.4 Å². The number of aromatic nitrogens is 2. The number of rotatable bonds is 6. The van der Waals surface area contributed by atoms with Gasteiger partial charge in [-0.15, -0.1) is 11.8 Å². The summed E-state index contributed by atoms with van der Waals surface area (Å²) in [6, 6.07) is 8.38. The van der Waals surface area contributed by atoms with Crippen LogP contribution < -0.4 is 5.32 Å². The summed E-state index contributed by atoms with van der Waals surface area (Å²) in [6.07, 6.45) is 8.29. The highest BCUT2D eigenvalue weighted by atomic mass is 32.2. The number of nitrogens with one attached hydrogen (secondary N) is 1. The van der Waals surface area contributed by atoms with Crippen molar-refractivity contribution >= 4 is 17.7 Å². The predicted octanol–water partition coefficient (Wildman–Crippen LogP) is 3.81. The average Bonchev–Trinajstić information content (AvgIpc) is 2.87. The predicted molar refractivity (Wildman–Crippen MR) is 78.7 cm³/mol. The van der Waals surface area contributed by atoms with Crippen LogP contribution in [0.4, 0.5) is 5.95 Å². The lowest BCUT2D eigenvalue weighted by Gasteiger charge is -2.12. The molecule has 0 fully saturated rings. The number of anilines is 1. The zero-order chi connectivity index (χ0) is 12.8. The fourth-order valence-electron chi connectivity index (χ4n) is 1.83. The van der Waals surface area contributed by atoms with Crippen LogP contribution in [0.5, 0.6) is 0 Å². The second kappa shape index (κ2) is 6.50. The number of benzene rings is 1. The highest BCUT2D eigenvalue weighted by Crippen LogP contribution is 2.25.